The Morgan fingerprint density at radius 2 is 1.92 bits per heavy atom. The average Bonchev–Trinajstić information content (AvgIpc) is 2.61. The molecule has 25 heavy (non-hydrogen) atoms. The van der Waals surface area contributed by atoms with E-state index in [-0.39, 0.29) is 0 Å². The van der Waals surface area contributed by atoms with E-state index in [0.717, 1.165) is 71.1 Å². The number of hydrogen-bond acceptors (Lipinski definition) is 4. The Morgan fingerprint density at radius 3 is 2.56 bits per heavy atom. The predicted molar refractivity (Wildman–Crippen MR) is 103 cm³/mol. The van der Waals surface area contributed by atoms with Crippen LogP contribution in [0.2, 0.25) is 0 Å². The maximum Gasteiger partial charge on any atom is 0.193 e. The van der Waals surface area contributed by atoms with Crippen LogP contribution in [0.3, 0.4) is 0 Å². The lowest BCUT2D eigenvalue weighted by Gasteiger charge is -2.34. The van der Waals surface area contributed by atoms with Gasteiger partial charge in [0.1, 0.15) is 0 Å². The average molecular weight is 358 g/mol. The Hall–Kier alpha value is -0.850. The van der Waals surface area contributed by atoms with Crippen LogP contribution >= 0.6 is 0 Å². The number of piperidine rings is 1. The second-order valence-electron chi connectivity index (χ2n) is 6.93. The zero-order chi connectivity index (χ0) is 18.3. The van der Waals surface area contributed by atoms with Crippen molar-refractivity contribution in [2.24, 2.45) is 10.9 Å². The van der Waals surface area contributed by atoms with Gasteiger partial charge in [0.2, 0.25) is 0 Å². The van der Waals surface area contributed by atoms with Crippen molar-refractivity contribution >= 4 is 5.96 Å². The van der Waals surface area contributed by atoms with Crippen molar-refractivity contribution in [3.8, 4) is 0 Å². The molecule has 148 valence electrons. The predicted octanol–water partition coefficient (Wildman–Crippen LogP) is 2.53. The van der Waals surface area contributed by atoms with Crippen LogP contribution in [0.5, 0.6) is 0 Å². The van der Waals surface area contributed by atoms with Crippen LogP contribution in [0, 0.1) is 5.92 Å². The molecule has 1 heterocycles. The zero-order valence-electron chi connectivity index (χ0n) is 16.8. The van der Waals surface area contributed by atoms with Gasteiger partial charge in [-0.25, -0.2) is 0 Å². The molecular weight excluding hydrogens is 318 g/mol. The Bertz CT molecular complexity index is 343. The lowest BCUT2D eigenvalue weighted by Crippen LogP contribution is -2.47. The van der Waals surface area contributed by atoms with Crippen molar-refractivity contribution in [3.63, 3.8) is 0 Å². The second-order valence-corrected chi connectivity index (χ2v) is 6.93. The molecule has 0 aromatic carbocycles. The van der Waals surface area contributed by atoms with E-state index in [9.17, 15) is 0 Å². The van der Waals surface area contributed by atoms with Gasteiger partial charge in [-0.05, 0) is 38.5 Å². The summed E-state index contributed by atoms with van der Waals surface area (Å²) in [5.41, 5.74) is 0. The molecule has 6 heteroatoms. The first kappa shape index (κ1) is 22.2. The maximum absolute atomic E-state index is 5.93. The van der Waals surface area contributed by atoms with Crippen molar-refractivity contribution in [1.82, 2.24) is 10.2 Å². The number of ether oxygens (including phenoxy) is 3. The van der Waals surface area contributed by atoms with Gasteiger partial charge in [0.05, 0.1) is 19.3 Å². The van der Waals surface area contributed by atoms with Crippen molar-refractivity contribution < 1.29 is 14.2 Å². The maximum atomic E-state index is 5.93. The molecule has 0 atom stereocenters. The first-order valence-electron chi connectivity index (χ1n) is 9.88. The highest BCUT2D eigenvalue weighted by molar-refractivity contribution is 5.80. The molecule has 6 nitrogen and oxygen atoms in total. The summed E-state index contributed by atoms with van der Waals surface area (Å²) in [4.78, 5) is 7.05. The molecule has 0 aromatic heterocycles. The van der Waals surface area contributed by atoms with Gasteiger partial charge < -0.3 is 24.4 Å². The van der Waals surface area contributed by atoms with E-state index in [0.29, 0.717) is 25.2 Å². The molecule has 1 saturated heterocycles. The Kier molecular flexibility index (Phi) is 12.7. The fraction of sp³-hybridized carbons (Fsp3) is 0.947. The molecule has 0 amide bonds. The van der Waals surface area contributed by atoms with E-state index in [1.165, 1.54) is 0 Å². The van der Waals surface area contributed by atoms with E-state index >= 15 is 0 Å². The molecule has 0 unspecified atom stereocenters. The highest BCUT2D eigenvalue weighted by Gasteiger charge is 2.21. The van der Waals surface area contributed by atoms with E-state index in [4.69, 9.17) is 19.2 Å². The van der Waals surface area contributed by atoms with Crippen LogP contribution in [-0.2, 0) is 14.2 Å². The molecule has 1 N–H and O–H groups in total. The summed E-state index contributed by atoms with van der Waals surface area (Å²) in [6.07, 6.45) is 4.57. The minimum absolute atomic E-state index is 0.371. The summed E-state index contributed by atoms with van der Waals surface area (Å²) in [5.74, 6) is 1.70. The van der Waals surface area contributed by atoms with Gasteiger partial charge in [-0.3, -0.25) is 4.99 Å². The smallest absolute Gasteiger partial charge is 0.193 e. The van der Waals surface area contributed by atoms with Gasteiger partial charge in [-0.15, -0.1) is 0 Å². The fourth-order valence-electron chi connectivity index (χ4n) is 2.75. The number of nitrogens with one attached hydrogen (secondary N) is 1. The number of methoxy groups -OCH3 is 1. The van der Waals surface area contributed by atoms with E-state index < -0.39 is 0 Å². The molecule has 0 saturated carbocycles. The largest absolute Gasteiger partial charge is 0.385 e. The van der Waals surface area contributed by atoms with Gasteiger partial charge in [0.15, 0.2) is 5.96 Å². The van der Waals surface area contributed by atoms with Crippen LogP contribution in [0.15, 0.2) is 4.99 Å². The van der Waals surface area contributed by atoms with Gasteiger partial charge in [-0.1, -0.05) is 13.8 Å². The lowest BCUT2D eigenvalue weighted by molar-refractivity contribution is 0.00987. The summed E-state index contributed by atoms with van der Waals surface area (Å²) >= 11 is 0. The molecule has 0 bridgehead atoms. The minimum Gasteiger partial charge on any atom is -0.385 e. The van der Waals surface area contributed by atoms with Crippen molar-refractivity contribution in [1.29, 1.82) is 0 Å². The Labute approximate surface area is 154 Å². The van der Waals surface area contributed by atoms with Gasteiger partial charge >= 0.3 is 0 Å². The standard InChI is InChI=1S/C19H39N3O3/c1-5-20-19(21-10-16-24-15-9-17(2)3)22-11-7-18(8-12-22)25-14-6-13-23-4/h17-18H,5-16H2,1-4H3,(H,20,21). The number of rotatable bonds is 12. The molecule has 0 aromatic rings. The van der Waals surface area contributed by atoms with Crippen LogP contribution in [0.4, 0.5) is 0 Å². The Morgan fingerprint density at radius 1 is 1.16 bits per heavy atom. The third-order valence-corrected chi connectivity index (χ3v) is 4.26. The summed E-state index contributed by atoms with van der Waals surface area (Å²) in [7, 11) is 1.73. The van der Waals surface area contributed by atoms with Crippen LogP contribution < -0.4 is 5.32 Å². The third kappa shape index (κ3) is 10.7. The molecular formula is C19H39N3O3. The zero-order valence-corrected chi connectivity index (χ0v) is 16.8. The van der Waals surface area contributed by atoms with E-state index in [1.807, 2.05) is 0 Å². The molecule has 0 radical (unpaired) electrons. The first-order valence-corrected chi connectivity index (χ1v) is 9.88. The quantitative estimate of drug-likeness (QED) is 0.330. The normalized spacial score (nSPS) is 16.7. The number of aliphatic imine (C=N–C) groups is 1. The first-order chi connectivity index (χ1) is 12.2. The second kappa shape index (κ2) is 14.3. The van der Waals surface area contributed by atoms with Crippen LogP contribution in [0.1, 0.15) is 46.5 Å². The van der Waals surface area contributed by atoms with Crippen molar-refractivity contribution in [2.45, 2.75) is 52.6 Å². The van der Waals surface area contributed by atoms with Gasteiger partial charge in [0.25, 0.3) is 0 Å². The summed E-state index contributed by atoms with van der Waals surface area (Å²) in [6.45, 7) is 13.2. The number of guanidine groups is 1. The molecule has 1 aliphatic rings. The molecule has 1 aliphatic heterocycles. The Balaban J connectivity index is 2.25. The van der Waals surface area contributed by atoms with E-state index in [1.54, 1.807) is 7.11 Å². The van der Waals surface area contributed by atoms with Crippen LogP contribution in [-0.4, -0.2) is 76.7 Å². The SMILES string of the molecule is CCNC(=NCCOCCC(C)C)N1CCC(OCCCOC)CC1. The van der Waals surface area contributed by atoms with Crippen molar-refractivity contribution in [2.75, 3.05) is 59.7 Å². The summed E-state index contributed by atoms with van der Waals surface area (Å²) in [6, 6.07) is 0. The number of nitrogens with zero attached hydrogens (tertiary/aromatic N) is 2. The summed E-state index contributed by atoms with van der Waals surface area (Å²) in [5, 5.41) is 3.40. The molecule has 1 rings (SSSR count). The molecule has 0 spiro atoms. The summed E-state index contributed by atoms with van der Waals surface area (Å²) < 4.78 is 16.6. The van der Waals surface area contributed by atoms with Crippen molar-refractivity contribution in [3.05, 3.63) is 0 Å². The van der Waals surface area contributed by atoms with Crippen LogP contribution in [0.25, 0.3) is 0 Å². The third-order valence-electron chi connectivity index (χ3n) is 4.26. The minimum atomic E-state index is 0.371. The monoisotopic (exact) mass is 357 g/mol. The highest BCUT2D eigenvalue weighted by atomic mass is 16.5. The van der Waals surface area contributed by atoms with Gasteiger partial charge in [-0.2, -0.15) is 0 Å². The topological polar surface area (TPSA) is 55.3 Å². The van der Waals surface area contributed by atoms with E-state index in [2.05, 4.69) is 31.0 Å². The fourth-order valence-corrected chi connectivity index (χ4v) is 2.75. The van der Waals surface area contributed by atoms with Gasteiger partial charge in [0, 0.05) is 46.6 Å². The molecule has 0 aliphatic carbocycles. The number of likely N-dealkylation sites (tertiary alicyclic amines) is 1. The molecule has 1 fully saturated rings. The highest BCUT2D eigenvalue weighted by Crippen LogP contribution is 2.14. The lowest BCUT2D eigenvalue weighted by atomic mass is 10.1. The number of hydrogen-bond donors (Lipinski definition) is 1.